The Hall–Kier alpha value is -2.57. The molecule has 0 atom stereocenters. The van der Waals surface area contributed by atoms with Crippen molar-refractivity contribution in [1.29, 1.82) is 0 Å². The van der Waals surface area contributed by atoms with E-state index in [1.54, 1.807) is 18.3 Å². The van der Waals surface area contributed by atoms with Crippen LogP contribution in [0.25, 0.3) is 0 Å². The predicted molar refractivity (Wildman–Crippen MR) is 132 cm³/mol. The largest absolute Gasteiger partial charge is 0.362 e. The van der Waals surface area contributed by atoms with Gasteiger partial charge in [0.05, 0.1) is 23.5 Å². The van der Waals surface area contributed by atoms with Crippen LogP contribution in [0, 0.1) is 0 Å². The minimum Gasteiger partial charge on any atom is -0.362 e. The van der Waals surface area contributed by atoms with E-state index in [2.05, 4.69) is 39.6 Å². The average Bonchev–Trinajstić information content (AvgIpc) is 3.18. The van der Waals surface area contributed by atoms with Crippen molar-refractivity contribution in [2.75, 3.05) is 18.4 Å². The maximum Gasteiger partial charge on any atom is 0.273 e. The van der Waals surface area contributed by atoms with Gasteiger partial charge in [0.15, 0.2) is 0 Å². The van der Waals surface area contributed by atoms with Gasteiger partial charge in [0.25, 0.3) is 5.91 Å². The molecule has 5 rings (SSSR count). The van der Waals surface area contributed by atoms with Gasteiger partial charge < -0.3 is 20.1 Å². The molecule has 2 heterocycles. The molecule has 2 saturated carbocycles. The van der Waals surface area contributed by atoms with Crippen LogP contribution in [-0.2, 0) is 13.1 Å². The van der Waals surface area contributed by atoms with Crippen molar-refractivity contribution in [2.45, 2.75) is 64.1 Å². The minimum atomic E-state index is -0.177. The van der Waals surface area contributed by atoms with Gasteiger partial charge in [-0.2, -0.15) is 0 Å². The van der Waals surface area contributed by atoms with Gasteiger partial charge >= 0.3 is 0 Å². The highest BCUT2D eigenvalue weighted by molar-refractivity contribution is 6.33. The van der Waals surface area contributed by atoms with E-state index in [1.807, 2.05) is 16.7 Å². The number of anilines is 1. The molecule has 174 valence electrons. The molecule has 3 aliphatic rings. The second-order valence-electron chi connectivity index (χ2n) is 9.61. The molecule has 33 heavy (non-hydrogen) atoms. The number of imidazole rings is 1. The Morgan fingerprint density at radius 3 is 2.73 bits per heavy atom. The lowest BCUT2D eigenvalue weighted by molar-refractivity contribution is 0.101. The summed E-state index contributed by atoms with van der Waals surface area (Å²) in [5.74, 6) is 0.750. The highest BCUT2D eigenvalue weighted by Crippen LogP contribution is 2.33. The first kappa shape index (κ1) is 22.2. The second-order valence-corrected chi connectivity index (χ2v) is 10.0. The number of nitrogens with zero attached hydrogens (tertiary/aromatic N) is 3. The Morgan fingerprint density at radius 1 is 1.21 bits per heavy atom. The van der Waals surface area contributed by atoms with Gasteiger partial charge in [0, 0.05) is 30.9 Å². The number of rotatable bonds is 7. The first-order valence-electron chi connectivity index (χ1n) is 12.0. The summed E-state index contributed by atoms with van der Waals surface area (Å²) in [6.45, 7) is 5.54. The first-order chi connectivity index (χ1) is 16.0. The van der Waals surface area contributed by atoms with Crippen molar-refractivity contribution >= 4 is 23.2 Å². The SMILES string of the molecule is CC1(NC/C=C/C(=C2CCC2)N2CCn3c(C(=O)Nc4ccccc4Cl)cnc3C2)CCC1. The highest BCUT2D eigenvalue weighted by Gasteiger charge is 2.30. The number of halogens is 1. The molecule has 0 bridgehead atoms. The number of amides is 1. The van der Waals surface area contributed by atoms with E-state index in [-0.39, 0.29) is 5.91 Å². The fraction of sp³-hybridized carbons (Fsp3) is 0.462. The summed E-state index contributed by atoms with van der Waals surface area (Å²) in [7, 11) is 0. The van der Waals surface area contributed by atoms with Crippen LogP contribution in [0.15, 0.2) is 53.9 Å². The molecule has 0 unspecified atom stereocenters. The van der Waals surface area contributed by atoms with Crippen molar-refractivity contribution in [3.63, 3.8) is 0 Å². The minimum absolute atomic E-state index is 0.177. The lowest BCUT2D eigenvalue weighted by atomic mass is 9.78. The summed E-state index contributed by atoms with van der Waals surface area (Å²) < 4.78 is 2.04. The zero-order chi connectivity index (χ0) is 22.8. The fourth-order valence-corrected chi connectivity index (χ4v) is 5.00. The van der Waals surface area contributed by atoms with Crippen LogP contribution < -0.4 is 10.6 Å². The molecule has 0 spiro atoms. The van der Waals surface area contributed by atoms with Crippen molar-refractivity contribution < 1.29 is 4.79 Å². The average molecular weight is 466 g/mol. The third-order valence-corrected chi connectivity index (χ3v) is 7.59. The zero-order valence-corrected chi connectivity index (χ0v) is 20.0. The van der Waals surface area contributed by atoms with Gasteiger partial charge in [-0.15, -0.1) is 0 Å². The third-order valence-electron chi connectivity index (χ3n) is 7.26. The van der Waals surface area contributed by atoms with E-state index < -0.39 is 0 Å². The number of hydrogen-bond acceptors (Lipinski definition) is 4. The Morgan fingerprint density at radius 2 is 2.03 bits per heavy atom. The quantitative estimate of drug-likeness (QED) is 0.595. The number of aromatic nitrogens is 2. The van der Waals surface area contributed by atoms with Crippen LogP contribution in [0.5, 0.6) is 0 Å². The smallest absolute Gasteiger partial charge is 0.273 e. The molecule has 2 aromatic rings. The predicted octanol–water partition coefficient (Wildman–Crippen LogP) is 5.13. The van der Waals surface area contributed by atoms with Gasteiger partial charge in [-0.05, 0) is 69.2 Å². The van der Waals surface area contributed by atoms with Gasteiger partial charge in [-0.1, -0.05) is 29.8 Å². The monoisotopic (exact) mass is 465 g/mol. The summed E-state index contributed by atoms with van der Waals surface area (Å²) in [4.78, 5) is 19.9. The molecule has 2 fully saturated rings. The Kier molecular flexibility index (Phi) is 6.30. The number of hydrogen-bond donors (Lipinski definition) is 2. The number of para-hydroxylation sites is 1. The lowest BCUT2D eigenvalue weighted by Crippen LogP contribution is -2.48. The van der Waals surface area contributed by atoms with E-state index in [4.69, 9.17) is 11.6 Å². The molecule has 0 saturated heterocycles. The number of carbonyl (C=O) groups is 1. The molecule has 2 aliphatic carbocycles. The number of carbonyl (C=O) groups excluding carboxylic acids is 1. The summed E-state index contributed by atoms with van der Waals surface area (Å²) in [6.07, 6.45) is 13.8. The third kappa shape index (κ3) is 4.73. The topological polar surface area (TPSA) is 62.2 Å². The van der Waals surface area contributed by atoms with Crippen LogP contribution in [-0.4, -0.2) is 39.0 Å². The van der Waals surface area contributed by atoms with Gasteiger partial charge in [0.2, 0.25) is 0 Å². The molecular formula is C26H32ClN5O. The standard InChI is InChI=1S/C26H32ClN5O/c1-26(12-6-13-26)29-14-5-11-22(19-7-4-8-19)31-15-16-32-23(17-28-24(32)18-31)25(33)30-21-10-3-2-9-20(21)27/h2-3,5,9-11,17,29H,4,6-8,12-16,18H2,1H3,(H,30,33)/b11-5+. The van der Waals surface area contributed by atoms with Crippen LogP contribution in [0.1, 0.15) is 61.8 Å². The summed E-state index contributed by atoms with van der Waals surface area (Å²) in [6, 6.07) is 7.28. The fourth-order valence-electron chi connectivity index (χ4n) is 4.81. The Labute approximate surface area is 200 Å². The highest BCUT2D eigenvalue weighted by atomic mass is 35.5. The molecule has 1 aromatic carbocycles. The van der Waals surface area contributed by atoms with E-state index in [0.717, 1.165) is 25.5 Å². The van der Waals surface area contributed by atoms with E-state index in [9.17, 15) is 4.79 Å². The number of benzene rings is 1. The Bertz CT molecular complexity index is 1090. The summed E-state index contributed by atoms with van der Waals surface area (Å²) in [5, 5.41) is 7.13. The zero-order valence-electron chi connectivity index (χ0n) is 19.2. The number of allylic oxidation sites excluding steroid dienone is 2. The lowest BCUT2D eigenvalue weighted by Gasteiger charge is -2.39. The van der Waals surface area contributed by atoms with Crippen LogP contribution in [0.2, 0.25) is 5.02 Å². The van der Waals surface area contributed by atoms with E-state index in [1.165, 1.54) is 49.8 Å². The van der Waals surface area contributed by atoms with Crippen molar-refractivity contribution in [2.24, 2.45) is 0 Å². The first-order valence-corrected chi connectivity index (χ1v) is 12.4. The molecule has 0 radical (unpaired) electrons. The van der Waals surface area contributed by atoms with Gasteiger partial charge in [-0.25, -0.2) is 4.98 Å². The maximum atomic E-state index is 12.9. The van der Waals surface area contributed by atoms with Gasteiger partial charge in [0.1, 0.15) is 11.5 Å². The molecule has 1 aromatic heterocycles. The van der Waals surface area contributed by atoms with Crippen molar-refractivity contribution in [3.05, 3.63) is 70.4 Å². The van der Waals surface area contributed by atoms with Crippen molar-refractivity contribution in [3.8, 4) is 0 Å². The van der Waals surface area contributed by atoms with Crippen LogP contribution in [0.3, 0.4) is 0 Å². The van der Waals surface area contributed by atoms with Crippen LogP contribution in [0.4, 0.5) is 5.69 Å². The number of fused-ring (bicyclic) bond motifs is 1. The van der Waals surface area contributed by atoms with Crippen LogP contribution >= 0.6 is 11.6 Å². The molecule has 6 nitrogen and oxygen atoms in total. The molecular weight excluding hydrogens is 434 g/mol. The molecule has 1 aliphatic heterocycles. The van der Waals surface area contributed by atoms with Crippen molar-refractivity contribution in [1.82, 2.24) is 19.8 Å². The maximum absolute atomic E-state index is 12.9. The van der Waals surface area contributed by atoms with E-state index >= 15 is 0 Å². The number of nitrogens with one attached hydrogen (secondary N) is 2. The second kappa shape index (κ2) is 9.35. The molecule has 1 amide bonds. The Balaban J connectivity index is 1.26. The summed E-state index contributed by atoms with van der Waals surface area (Å²) in [5.41, 5.74) is 4.40. The molecule has 2 N–H and O–H groups in total. The molecule has 7 heteroatoms. The normalized spacial score (nSPS) is 19.1. The summed E-state index contributed by atoms with van der Waals surface area (Å²) >= 11 is 6.20. The van der Waals surface area contributed by atoms with Gasteiger partial charge in [-0.3, -0.25) is 4.79 Å². The van der Waals surface area contributed by atoms with E-state index in [0.29, 0.717) is 28.5 Å².